The Morgan fingerprint density at radius 3 is 2.50 bits per heavy atom. The Balaban J connectivity index is 2.62. The van der Waals surface area contributed by atoms with Gasteiger partial charge in [-0.1, -0.05) is 24.6 Å². The molecule has 0 aliphatic heterocycles. The van der Waals surface area contributed by atoms with E-state index < -0.39 is 9.05 Å². The van der Waals surface area contributed by atoms with Crippen LogP contribution in [0, 0.1) is 19.8 Å². The smallest absolute Gasteiger partial charge is 0.232 e. The highest BCUT2D eigenvalue weighted by molar-refractivity contribution is 8.13. The second-order valence-electron chi connectivity index (χ2n) is 4.56. The van der Waals surface area contributed by atoms with E-state index in [-0.39, 0.29) is 11.7 Å². The second kappa shape index (κ2) is 6.43. The average molecular weight is 291 g/mol. The van der Waals surface area contributed by atoms with Crippen LogP contribution < -0.4 is 4.74 Å². The molecule has 1 aromatic carbocycles. The molecule has 3 nitrogen and oxygen atoms in total. The van der Waals surface area contributed by atoms with Gasteiger partial charge in [0.2, 0.25) is 9.05 Å². The number of ether oxygens (including phenoxy) is 1. The van der Waals surface area contributed by atoms with E-state index in [1.807, 2.05) is 39.0 Å². The second-order valence-corrected chi connectivity index (χ2v) is 7.38. The van der Waals surface area contributed by atoms with E-state index in [1.54, 1.807) is 0 Å². The Bertz CT molecular complexity index is 497. The van der Waals surface area contributed by atoms with Gasteiger partial charge in [-0.15, -0.1) is 0 Å². The minimum atomic E-state index is -3.46. The van der Waals surface area contributed by atoms with Crippen molar-refractivity contribution in [2.75, 3.05) is 12.4 Å². The number of hydrogen-bond donors (Lipinski definition) is 0. The van der Waals surface area contributed by atoms with Gasteiger partial charge in [0.15, 0.2) is 0 Å². The fourth-order valence-corrected chi connectivity index (χ4v) is 3.16. The predicted octanol–water partition coefficient (Wildman–Crippen LogP) is 3.28. The molecule has 1 aromatic rings. The zero-order valence-corrected chi connectivity index (χ0v) is 12.5. The van der Waals surface area contributed by atoms with E-state index in [0.29, 0.717) is 6.61 Å². The summed E-state index contributed by atoms with van der Waals surface area (Å²) in [6, 6.07) is 5.92. The summed E-state index contributed by atoms with van der Waals surface area (Å²) >= 11 is 0. The summed E-state index contributed by atoms with van der Waals surface area (Å²) in [5.41, 5.74) is 2.23. The molecular formula is C13H19ClO3S. The van der Waals surface area contributed by atoms with Gasteiger partial charge >= 0.3 is 0 Å². The Morgan fingerprint density at radius 1 is 1.33 bits per heavy atom. The topological polar surface area (TPSA) is 43.4 Å². The minimum Gasteiger partial charge on any atom is -0.493 e. The number of halogens is 1. The molecular weight excluding hydrogens is 272 g/mol. The molecule has 0 bridgehead atoms. The van der Waals surface area contributed by atoms with Crippen molar-refractivity contribution >= 4 is 19.7 Å². The van der Waals surface area contributed by atoms with Crippen LogP contribution in [0.15, 0.2) is 18.2 Å². The van der Waals surface area contributed by atoms with Crippen LogP contribution in [0.3, 0.4) is 0 Å². The zero-order valence-electron chi connectivity index (χ0n) is 10.9. The van der Waals surface area contributed by atoms with Gasteiger partial charge in [-0.05, 0) is 31.9 Å². The standard InChI is InChI=1S/C13H19ClO3S/c1-4-12(9-18(14,15)16)8-17-13-6-5-10(2)7-11(13)3/h5-7,12H,4,8-9H2,1-3H3. The molecule has 1 atom stereocenters. The zero-order chi connectivity index (χ0) is 13.8. The maximum atomic E-state index is 11.0. The maximum Gasteiger partial charge on any atom is 0.232 e. The minimum absolute atomic E-state index is 0.0457. The number of benzene rings is 1. The predicted molar refractivity (Wildman–Crippen MR) is 74.8 cm³/mol. The number of aryl methyl sites for hydroxylation is 2. The van der Waals surface area contributed by atoms with E-state index in [0.717, 1.165) is 17.7 Å². The summed E-state index contributed by atoms with van der Waals surface area (Å²) in [6.45, 7) is 6.29. The van der Waals surface area contributed by atoms with Crippen LogP contribution >= 0.6 is 10.7 Å². The van der Waals surface area contributed by atoms with E-state index in [1.165, 1.54) is 5.56 Å². The lowest BCUT2D eigenvalue weighted by Crippen LogP contribution is -2.19. The van der Waals surface area contributed by atoms with Crippen molar-refractivity contribution in [3.05, 3.63) is 29.3 Å². The lowest BCUT2D eigenvalue weighted by molar-refractivity contribution is 0.256. The molecule has 102 valence electrons. The van der Waals surface area contributed by atoms with Gasteiger partial charge in [-0.3, -0.25) is 0 Å². The molecule has 0 saturated heterocycles. The lowest BCUT2D eigenvalue weighted by Gasteiger charge is -2.15. The van der Waals surface area contributed by atoms with Crippen molar-refractivity contribution in [3.8, 4) is 5.75 Å². The van der Waals surface area contributed by atoms with Crippen LogP contribution in [0.5, 0.6) is 5.75 Å². The van der Waals surface area contributed by atoms with Crippen LogP contribution in [0.4, 0.5) is 0 Å². The van der Waals surface area contributed by atoms with Gasteiger partial charge in [0.25, 0.3) is 0 Å². The van der Waals surface area contributed by atoms with Crippen molar-refractivity contribution in [3.63, 3.8) is 0 Å². The van der Waals surface area contributed by atoms with Crippen LogP contribution in [0.2, 0.25) is 0 Å². The molecule has 0 fully saturated rings. The fraction of sp³-hybridized carbons (Fsp3) is 0.538. The first-order chi connectivity index (χ1) is 8.31. The summed E-state index contributed by atoms with van der Waals surface area (Å²) in [5, 5.41) is 0. The molecule has 5 heteroatoms. The van der Waals surface area contributed by atoms with Crippen LogP contribution in [0.25, 0.3) is 0 Å². The highest BCUT2D eigenvalue weighted by Gasteiger charge is 2.16. The summed E-state index contributed by atoms with van der Waals surface area (Å²) in [5.74, 6) is 0.676. The largest absolute Gasteiger partial charge is 0.493 e. The van der Waals surface area contributed by atoms with E-state index in [9.17, 15) is 8.42 Å². The fourth-order valence-electron chi connectivity index (χ4n) is 1.73. The third kappa shape index (κ3) is 5.27. The third-order valence-corrected chi connectivity index (χ3v) is 4.06. The molecule has 18 heavy (non-hydrogen) atoms. The first kappa shape index (κ1) is 15.3. The number of rotatable bonds is 6. The molecule has 1 rings (SSSR count). The molecule has 0 heterocycles. The first-order valence-electron chi connectivity index (χ1n) is 5.94. The molecule has 0 N–H and O–H groups in total. The molecule has 0 radical (unpaired) electrons. The SMILES string of the molecule is CCC(COc1ccc(C)cc1C)CS(=O)(=O)Cl. The van der Waals surface area contributed by atoms with Crippen LogP contribution in [0.1, 0.15) is 24.5 Å². The Labute approximate surface area is 114 Å². The van der Waals surface area contributed by atoms with Gasteiger partial charge in [0.1, 0.15) is 5.75 Å². The first-order valence-corrected chi connectivity index (χ1v) is 8.42. The van der Waals surface area contributed by atoms with E-state index in [2.05, 4.69) is 0 Å². The van der Waals surface area contributed by atoms with E-state index in [4.69, 9.17) is 15.4 Å². The molecule has 1 unspecified atom stereocenters. The Kier molecular flexibility index (Phi) is 5.47. The molecule has 0 aliphatic carbocycles. The van der Waals surface area contributed by atoms with Gasteiger partial charge in [0, 0.05) is 16.6 Å². The molecule has 0 aliphatic rings. The van der Waals surface area contributed by atoms with Gasteiger partial charge in [0.05, 0.1) is 12.4 Å². The van der Waals surface area contributed by atoms with E-state index >= 15 is 0 Å². The van der Waals surface area contributed by atoms with Crippen molar-refractivity contribution < 1.29 is 13.2 Å². The molecule has 0 spiro atoms. The third-order valence-electron chi connectivity index (χ3n) is 2.82. The van der Waals surface area contributed by atoms with Crippen molar-refractivity contribution in [1.82, 2.24) is 0 Å². The lowest BCUT2D eigenvalue weighted by atomic mass is 10.1. The van der Waals surface area contributed by atoms with Gasteiger partial charge in [-0.25, -0.2) is 8.42 Å². The summed E-state index contributed by atoms with van der Waals surface area (Å²) in [7, 11) is 1.79. The van der Waals surface area contributed by atoms with Gasteiger partial charge in [-0.2, -0.15) is 0 Å². The highest BCUT2D eigenvalue weighted by Crippen LogP contribution is 2.20. The monoisotopic (exact) mass is 290 g/mol. The Hall–Kier alpha value is -0.740. The molecule has 0 saturated carbocycles. The molecule has 0 aromatic heterocycles. The maximum absolute atomic E-state index is 11.0. The average Bonchev–Trinajstić information content (AvgIpc) is 2.24. The van der Waals surface area contributed by atoms with Gasteiger partial charge < -0.3 is 4.74 Å². The van der Waals surface area contributed by atoms with Crippen molar-refractivity contribution in [1.29, 1.82) is 0 Å². The quantitative estimate of drug-likeness (QED) is 0.755. The van der Waals surface area contributed by atoms with Crippen molar-refractivity contribution in [2.24, 2.45) is 5.92 Å². The number of hydrogen-bond acceptors (Lipinski definition) is 3. The molecule has 0 amide bonds. The summed E-state index contributed by atoms with van der Waals surface area (Å²) < 4.78 is 27.7. The Morgan fingerprint density at radius 2 is 2.00 bits per heavy atom. The van der Waals surface area contributed by atoms with Crippen molar-refractivity contribution in [2.45, 2.75) is 27.2 Å². The van der Waals surface area contributed by atoms with Crippen LogP contribution in [-0.2, 0) is 9.05 Å². The highest BCUT2D eigenvalue weighted by atomic mass is 35.7. The summed E-state index contributed by atoms with van der Waals surface area (Å²) in [4.78, 5) is 0. The summed E-state index contributed by atoms with van der Waals surface area (Å²) in [6.07, 6.45) is 0.719. The van der Waals surface area contributed by atoms with Crippen LogP contribution in [-0.4, -0.2) is 20.8 Å². The normalized spacial score (nSPS) is 13.3.